The summed E-state index contributed by atoms with van der Waals surface area (Å²) >= 11 is 3.34. The van der Waals surface area contributed by atoms with Crippen molar-refractivity contribution in [2.75, 3.05) is 18.9 Å². The predicted octanol–water partition coefficient (Wildman–Crippen LogP) is 1.81. The first-order chi connectivity index (χ1) is 6.27. The van der Waals surface area contributed by atoms with Crippen LogP contribution in [0.15, 0.2) is 27.7 Å². The zero-order valence-electron chi connectivity index (χ0n) is 6.96. The molecule has 68 valence electrons. The monoisotopic (exact) mass is 240 g/mol. The Kier molecular flexibility index (Phi) is 2.22. The van der Waals surface area contributed by atoms with Gasteiger partial charge in [0.05, 0.1) is 12.1 Å². The molecule has 3 nitrogen and oxygen atoms in total. The third kappa shape index (κ3) is 1.67. The SMILES string of the molecule is Nc1cc(Br)ccc1C1=NCCO1. The third-order valence-corrected chi connectivity index (χ3v) is 2.32. The smallest absolute Gasteiger partial charge is 0.218 e. The second-order valence-electron chi connectivity index (χ2n) is 2.77. The molecule has 0 fully saturated rings. The zero-order chi connectivity index (χ0) is 9.26. The standard InChI is InChI=1S/C9H9BrN2O/c10-6-1-2-7(8(11)5-6)9-12-3-4-13-9/h1-2,5H,3-4,11H2. The van der Waals surface area contributed by atoms with Crippen LogP contribution in [0.1, 0.15) is 5.56 Å². The fourth-order valence-electron chi connectivity index (χ4n) is 1.23. The highest BCUT2D eigenvalue weighted by molar-refractivity contribution is 9.10. The Labute approximate surface area is 84.7 Å². The summed E-state index contributed by atoms with van der Waals surface area (Å²) < 4.78 is 6.28. The lowest BCUT2D eigenvalue weighted by molar-refractivity contribution is 0.348. The average molecular weight is 241 g/mol. The molecule has 0 saturated carbocycles. The first-order valence-electron chi connectivity index (χ1n) is 4.00. The van der Waals surface area contributed by atoms with Crippen molar-refractivity contribution in [3.63, 3.8) is 0 Å². The number of nitrogen functional groups attached to an aromatic ring is 1. The Morgan fingerprint density at radius 1 is 1.46 bits per heavy atom. The normalized spacial score (nSPS) is 15.3. The highest BCUT2D eigenvalue weighted by Crippen LogP contribution is 2.20. The molecule has 0 unspecified atom stereocenters. The van der Waals surface area contributed by atoms with Crippen molar-refractivity contribution < 1.29 is 4.74 Å². The van der Waals surface area contributed by atoms with Gasteiger partial charge >= 0.3 is 0 Å². The molecule has 1 aliphatic rings. The molecule has 1 aliphatic heterocycles. The minimum absolute atomic E-state index is 0.657. The van der Waals surface area contributed by atoms with Crippen LogP contribution in [0.2, 0.25) is 0 Å². The van der Waals surface area contributed by atoms with Gasteiger partial charge in [0, 0.05) is 10.2 Å². The molecule has 0 amide bonds. The molecule has 1 aromatic rings. The van der Waals surface area contributed by atoms with Gasteiger partial charge in [-0.05, 0) is 18.2 Å². The van der Waals surface area contributed by atoms with E-state index in [1.54, 1.807) is 0 Å². The van der Waals surface area contributed by atoms with E-state index in [2.05, 4.69) is 20.9 Å². The molecule has 0 spiro atoms. The van der Waals surface area contributed by atoms with Gasteiger partial charge in [0.2, 0.25) is 5.90 Å². The van der Waals surface area contributed by atoms with Crippen molar-refractivity contribution in [1.82, 2.24) is 0 Å². The van der Waals surface area contributed by atoms with Crippen LogP contribution in [0.3, 0.4) is 0 Å². The summed E-state index contributed by atoms with van der Waals surface area (Å²) in [4.78, 5) is 4.20. The number of rotatable bonds is 1. The fraction of sp³-hybridized carbons (Fsp3) is 0.222. The maximum absolute atomic E-state index is 5.81. The molecular weight excluding hydrogens is 232 g/mol. The van der Waals surface area contributed by atoms with E-state index in [1.165, 1.54) is 0 Å². The van der Waals surface area contributed by atoms with Crippen LogP contribution in [0.4, 0.5) is 5.69 Å². The minimum atomic E-state index is 0.657. The second kappa shape index (κ2) is 3.38. The number of halogens is 1. The summed E-state index contributed by atoms with van der Waals surface area (Å²) in [5.41, 5.74) is 7.38. The number of benzene rings is 1. The highest BCUT2D eigenvalue weighted by Gasteiger charge is 2.12. The Hall–Kier alpha value is -1.03. The molecule has 2 N–H and O–H groups in total. The molecule has 2 rings (SSSR count). The van der Waals surface area contributed by atoms with Gasteiger partial charge in [-0.3, -0.25) is 0 Å². The molecule has 0 aromatic heterocycles. The van der Waals surface area contributed by atoms with Gasteiger partial charge in [0.25, 0.3) is 0 Å². The van der Waals surface area contributed by atoms with Crippen molar-refractivity contribution in [3.05, 3.63) is 28.2 Å². The summed E-state index contributed by atoms with van der Waals surface area (Å²) in [6.45, 7) is 1.38. The Morgan fingerprint density at radius 3 is 2.92 bits per heavy atom. The Bertz CT molecular complexity index is 363. The second-order valence-corrected chi connectivity index (χ2v) is 3.68. The Morgan fingerprint density at radius 2 is 2.31 bits per heavy atom. The molecule has 0 saturated heterocycles. The lowest BCUT2D eigenvalue weighted by atomic mass is 10.2. The lowest BCUT2D eigenvalue weighted by Gasteiger charge is -2.05. The molecule has 0 aliphatic carbocycles. The van der Waals surface area contributed by atoms with E-state index >= 15 is 0 Å². The van der Waals surface area contributed by atoms with Crippen LogP contribution >= 0.6 is 15.9 Å². The fourth-order valence-corrected chi connectivity index (χ4v) is 1.61. The number of ether oxygens (including phenoxy) is 1. The summed E-state index contributed by atoms with van der Waals surface area (Å²) in [5.74, 6) is 0.657. The molecule has 0 radical (unpaired) electrons. The first kappa shape index (κ1) is 8.56. The predicted molar refractivity (Wildman–Crippen MR) is 55.9 cm³/mol. The molecule has 1 heterocycles. The molecule has 1 aromatic carbocycles. The van der Waals surface area contributed by atoms with Crippen molar-refractivity contribution in [1.29, 1.82) is 0 Å². The van der Waals surface area contributed by atoms with E-state index in [-0.39, 0.29) is 0 Å². The molecular formula is C9H9BrN2O. The van der Waals surface area contributed by atoms with Crippen molar-refractivity contribution >= 4 is 27.5 Å². The zero-order valence-corrected chi connectivity index (χ0v) is 8.54. The Balaban J connectivity index is 2.40. The number of nitrogens with zero attached hydrogens (tertiary/aromatic N) is 1. The van der Waals surface area contributed by atoms with E-state index in [4.69, 9.17) is 10.5 Å². The topological polar surface area (TPSA) is 47.6 Å². The lowest BCUT2D eigenvalue weighted by Crippen LogP contribution is -2.04. The van der Waals surface area contributed by atoms with Crippen LogP contribution < -0.4 is 5.73 Å². The quantitative estimate of drug-likeness (QED) is 0.762. The van der Waals surface area contributed by atoms with Crippen LogP contribution in [-0.4, -0.2) is 19.0 Å². The maximum Gasteiger partial charge on any atom is 0.218 e. The van der Waals surface area contributed by atoms with Gasteiger partial charge in [0.1, 0.15) is 6.61 Å². The van der Waals surface area contributed by atoms with Crippen LogP contribution in [0, 0.1) is 0 Å². The summed E-state index contributed by atoms with van der Waals surface area (Å²) in [7, 11) is 0. The van der Waals surface area contributed by atoms with Crippen molar-refractivity contribution in [2.45, 2.75) is 0 Å². The van der Waals surface area contributed by atoms with Crippen LogP contribution in [-0.2, 0) is 4.74 Å². The van der Waals surface area contributed by atoms with E-state index < -0.39 is 0 Å². The summed E-state index contributed by atoms with van der Waals surface area (Å²) in [6, 6.07) is 5.68. The van der Waals surface area contributed by atoms with E-state index in [0.29, 0.717) is 18.2 Å². The number of aliphatic imine (C=N–C) groups is 1. The molecule has 13 heavy (non-hydrogen) atoms. The van der Waals surface area contributed by atoms with Crippen molar-refractivity contribution in [2.24, 2.45) is 4.99 Å². The highest BCUT2D eigenvalue weighted by atomic mass is 79.9. The van der Waals surface area contributed by atoms with Gasteiger partial charge in [-0.25, -0.2) is 4.99 Å². The summed E-state index contributed by atoms with van der Waals surface area (Å²) in [5, 5.41) is 0. The molecule has 0 bridgehead atoms. The maximum atomic E-state index is 5.81. The molecule has 0 atom stereocenters. The van der Waals surface area contributed by atoms with Gasteiger partial charge < -0.3 is 10.5 Å². The van der Waals surface area contributed by atoms with E-state index in [9.17, 15) is 0 Å². The number of nitrogens with two attached hydrogens (primary N) is 1. The average Bonchev–Trinajstić information content (AvgIpc) is 2.56. The molecule has 4 heteroatoms. The third-order valence-electron chi connectivity index (χ3n) is 1.83. The van der Waals surface area contributed by atoms with Gasteiger partial charge in [0.15, 0.2) is 0 Å². The van der Waals surface area contributed by atoms with Crippen molar-refractivity contribution in [3.8, 4) is 0 Å². The van der Waals surface area contributed by atoms with Crippen LogP contribution in [0.5, 0.6) is 0 Å². The van der Waals surface area contributed by atoms with Gasteiger partial charge in [-0.2, -0.15) is 0 Å². The van der Waals surface area contributed by atoms with E-state index in [1.807, 2.05) is 18.2 Å². The largest absolute Gasteiger partial charge is 0.475 e. The first-order valence-corrected chi connectivity index (χ1v) is 4.79. The van der Waals surface area contributed by atoms with Gasteiger partial charge in [-0.1, -0.05) is 15.9 Å². The van der Waals surface area contributed by atoms with E-state index in [0.717, 1.165) is 16.6 Å². The van der Waals surface area contributed by atoms with Gasteiger partial charge in [-0.15, -0.1) is 0 Å². The number of anilines is 1. The minimum Gasteiger partial charge on any atom is -0.475 e. The summed E-state index contributed by atoms with van der Waals surface area (Å²) in [6.07, 6.45) is 0. The number of hydrogen-bond acceptors (Lipinski definition) is 3. The number of hydrogen-bond donors (Lipinski definition) is 1. The van der Waals surface area contributed by atoms with Crippen LogP contribution in [0.25, 0.3) is 0 Å².